The third-order valence-corrected chi connectivity index (χ3v) is 6.21. The van der Waals surface area contributed by atoms with Crippen LogP contribution in [-0.2, 0) is 24.8 Å². The molecule has 2 aromatic rings. The van der Waals surface area contributed by atoms with Gasteiger partial charge in [-0.25, -0.2) is 13.2 Å². The Kier molecular flexibility index (Phi) is 5.57. The van der Waals surface area contributed by atoms with Crippen molar-refractivity contribution in [1.29, 1.82) is 0 Å². The summed E-state index contributed by atoms with van der Waals surface area (Å²) in [6.45, 7) is 6.23. The fourth-order valence-corrected chi connectivity index (χ4v) is 4.01. The summed E-state index contributed by atoms with van der Waals surface area (Å²) in [7, 11) is -2.95. The number of esters is 1. The van der Waals surface area contributed by atoms with Crippen LogP contribution < -0.4 is 14.8 Å². The fourth-order valence-electron chi connectivity index (χ4n) is 2.74. The van der Waals surface area contributed by atoms with E-state index in [9.17, 15) is 13.2 Å². The molecule has 0 amide bonds. The number of benzene rings is 2. The molecule has 0 aromatic heterocycles. The Morgan fingerprint density at radius 1 is 1.07 bits per heavy atom. The Hall–Kier alpha value is -3.00. The summed E-state index contributed by atoms with van der Waals surface area (Å²) in [5.74, 6) is 0.168. The number of methoxy groups -OCH3 is 1. The first-order valence-corrected chi connectivity index (χ1v) is 10.4. The van der Waals surface area contributed by atoms with E-state index in [4.69, 9.17) is 9.47 Å². The summed E-state index contributed by atoms with van der Waals surface area (Å²) in [6.07, 6.45) is 1.12. The summed E-state index contributed by atoms with van der Waals surface area (Å²) in [5.41, 5.74) is 1.40. The molecule has 0 aliphatic carbocycles. The molecule has 1 N–H and O–H groups in total. The fraction of sp³-hybridized carbons (Fsp3) is 0.286. The van der Waals surface area contributed by atoms with Crippen LogP contribution in [0.4, 0.5) is 5.69 Å². The predicted octanol–water partition coefficient (Wildman–Crippen LogP) is 3.61. The monoisotopic (exact) mass is 417 g/mol. The van der Waals surface area contributed by atoms with Gasteiger partial charge in [0.1, 0.15) is 0 Å². The van der Waals surface area contributed by atoms with Gasteiger partial charge in [0.25, 0.3) is 0 Å². The van der Waals surface area contributed by atoms with Gasteiger partial charge in [0.15, 0.2) is 16.4 Å². The average Bonchev–Trinajstić information content (AvgIpc) is 3.15. The smallest absolute Gasteiger partial charge is 0.351 e. The lowest BCUT2D eigenvalue weighted by Crippen LogP contribution is -2.17. The Bertz CT molecular complexity index is 1050. The maximum Gasteiger partial charge on any atom is 0.351 e. The van der Waals surface area contributed by atoms with Crippen molar-refractivity contribution >= 4 is 21.5 Å². The lowest BCUT2D eigenvalue weighted by Gasteiger charge is -2.19. The van der Waals surface area contributed by atoms with Crippen molar-refractivity contribution in [2.45, 2.75) is 31.1 Å². The van der Waals surface area contributed by atoms with Crippen LogP contribution >= 0.6 is 0 Å². The molecule has 0 saturated carbocycles. The third-order valence-electron chi connectivity index (χ3n) is 4.45. The molecule has 29 heavy (non-hydrogen) atoms. The summed E-state index contributed by atoms with van der Waals surface area (Å²) in [5, 5.41) is 2.82. The molecule has 1 heterocycles. The van der Waals surface area contributed by atoms with Gasteiger partial charge in [-0.2, -0.15) is 0 Å². The van der Waals surface area contributed by atoms with E-state index in [1.165, 1.54) is 12.1 Å². The first-order valence-electron chi connectivity index (χ1n) is 8.93. The van der Waals surface area contributed by atoms with Gasteiger partial charge in [0.2, 0.25) is 16.6 Å². The quantitative estimate of drug-likeness (QED) is 0.587. The average molecular weight is 417 g/mol. The number of carbonyl (C=O) groups is 1. The van der Waals surface area contributed by atoms with Gasteiger partial charge in [-0.1, -0.05) is 32.9 Å². The minimum atomic E-state index is -4.09. The maximum absolute atomic E-state index is 13.0. The van der Waals surface area contributed by atoms with Crippen LogP contribution in [0.5, 0.6) is 11.5 Å². The number of rotatable bonds is 5. The summed E-state index contributed by atoms with van der Waals surface area (Å²) >= 11 is 0. The van der Waals surface area contributed by atoms with Crippen LogP contribution in [0.25, 0.3) is 0 Å². The first kappa shape index (κ1) is 20.7. The van der Waals surface area contributed by atoms with Crippen LogP contribution in [0.1, 0.15) is 26.3 Å². The van der Waals surface area contributed by atoms with E-state index in [1.54, 1.807) is 30.3 Å². The minimum Gasteiger partial charge on any atom is -0.465 e. The molecule has 0 spiro atoms. The zero-order chi connectivity index (χ0) is 21.2. The highest BCUT2D eigenvalue weighted by atomic mass is 32.2. The maximum atomic E-state index is 13.0. The Labute approximate surface area is 170 Å². The molecule has 0 unspecified atom stereocenters. The molecule has 1 aliphatic rings. The molecule has 0 radical (unpaired) electrons. The highest BCUT2D eigenvalue weighted by Crippen LogP contribution is 2.34. The predicted molar refractivity (Wildman–Crippen MR) is 109 cm³/mol. The molecule has 0 bridgehead atoms. The second-order valence-electron chi connectivity index (χ2n) is 7.49. The molecular formula is C21H23NO6S. The second-order valence-corrected chi connectivity index (χ2v) is 9.41. The van der Waals surface area contributed by atoms with E-state index >= 15 is 0 Å². The van der Waals surface area contributed by atoms with Crippen LogP contribution in [-0.4, -0.2) is 28.3 Å². The second kappa shape index (κ2) is 7.79. The summed E-state index contributed by atoms with van der Waals surface area (Å²) in [4.78, 5) is 11.7. The van der Waals surface area contributed by atoms with E-state index in [1.807, 2.05) is 20.8 Å². The molecule has 3 rings (SSSR count). The van der Waals surface area contributed by atoms with Crippen molar-refractivity contribution in [3.63, 3.8) is 0 Å². The van der Waals surface area contributed by atoms with Gasteiger partial charge in [-0.05, 0) is 35.2 Å². The molecule has 0 fully saturated rings. The van der Waals surface area contributed by atoms with Crippen LogP contribution in [0.3, 0.4) is 0 Å². The van der Waals surface area contributed by atoms with Crippen LogP contribution in [0, 0.1) is 0 Å². The molecule has 7 nitrogen and oxygen atoms in total. The number of nitrogens with one attached hydrogen (secondary N) is 1. The van der Waals surface area contributed by atoms with Crippen LogP contribution in [0.15, 0.2) is 58.5 Å². The number of ether oxygens (including phenoxy) is 3. The van der Waals surface area contributed by atoms with Crippen molar-refractivity contribution in [3.8, 4) is 11.5 Å². The van der Waals surface area contributed by atoms with E-state index in [0.717, 1.165) is 18.9 Å². The van der Waals surface area contributed by atoms with Gasteiger partial charge in [0.05, 0.1) is 12.0 Å². The zero-order valence-corrected chi connectivity index (χ0v) is 17.5. The SMILES string of the molecule is COC(=O)C(=CNc1ccc2c(c1)OCO2)S(=O)(=O)c1ccc(C(C)(C)C)cc1. The number of fused-ring (bicyclic) bond motifs is 1. The number of hydrogen-bond acceptors (Lipinski definition) is 7. The van der Waals surface area contributed by atoms with Gasteiger partial charge < -0.3 is 19.5 Å². The van der Waals surface area contributed by atoms with Gasteiger partial charge in [-0.3, -0.25) is 0 Å². The lowest BCUT2D eigenvalue weighted by atomic mass is 9.87. The third kappa shape index (κ3) is 4.37. The first-order chi connectivity index (χ1) is 13.6. The van der Waals surface area contributed by atoms with Crippen molar-refractivity contribution < 1.29 is 27.4 Å². The molecule has 0 saturated heterocycles. The molecule has 2 aromatic carbocycles. The summed E-state index contributed by atoms with van der Waals surface area (Å²) < 4.78 is 41.3. The van der Waals surface area contributed by atoms with Crippen LogP contribution in [0.2, 0.25) is 0 Å². The number of carbonyl (C=O) groups excluding carboxylic acids is 1. The van der Waals surface area contributed by atoms with Gasteiger partial charge in [0, 0.05) is 18.0 Å². The molecular weight excluding hydrogens is 394 g/mol. The van der Waals surface area contributed by atoms with Crippen molar-refractivity contribution in [1.82, 2.24) is 0 Å². The van der Waals surface area contributed by atoms with Crippen molar-refractivity contribution in [2.24, 2.45) is 0 Å². The van der Waals surface area contributed by atoms with Crippen molar-refractivity contribution in [2.75, 3.05) is 19.2 Å². The largest absolute Gasteiger partial charge is 0.465 e. The Morgan fingerprint density at radius 3 is 2.34 bits per heavy atom. The Morgan fingerprint density at radius 2 is 1.72 bits per heavy atom. The van der Waals surface area contributed by atoms with Gasteiger partial charge in [-0.15, -0.1) is 0 Å². The molecule has 1 aliphatic heterocycles. The summed E-state index contributed by atoms with van der Waals surface area (Å²) in [6, 6.07) is 11.5. The Balaban J connectivity index is 1.93. The van der Waals surface area contributed by atoms with E-state index in [2.05, 4.69) is 10.1 Å². The number of anilines is 1. The molecule has 0 atom stereocenters. The number of sulfone groups is 1. The topological polar surface area (TPSA) is 90.9 Å². The normalized spacial score (nSPS) is 13.9. The molecule has 154 valence electrons. The lowest BCUT2D eigenvalue weighted by molar-refractivity contribution is -0.135. The molecule has 8 heteroatoms. The highest BCUT2D eigenvalue weighted by Gasteiger charge is 2.28. The number of hydrogen-bond donors (Lipinski definition) is 1. The van der Waals surface area contributed by atoms with E-state index in [-0.39, 0.29) is 17.1 Å². The van der Waals surface area contributed by atoms with Gasteiger partial charge >= 0.3 is 5.97 Å². The zero-order valence-electron chi connectivity index (χ0n) is 16.7. The highest BCUT2D eigenvalue weighted by molar-refractivity contribution is 7.96. The van der Waals surface area contributed by atoms with E-state index < -0.39 is 20.7 Å². The standard InChI is InChI=1S/C21H23NO6S/c1-21(2,3)14-5-8-16(9-6-14)29(24,25)19(20(23)26-4)12-22-15-7-10-17-18(11-15)28-13-27-17/h5-12,22H,13H2,1-4H3. The minimum absolute atomic E-state index is 0.00892. The van der Waals surface area contributed by atoms with Crippen molar-refractivity contribution in [3.05, 3.63) is 59.1 Å². The van der Waals surface area contributed by atoms with E-state index in [0.29, 0.717) is 17.2 Å².